The molecular weight excluding hydrogens is 546 g/mol. The van der Waals surface area contributed by atoms with Crippen molar-refractivity contribution in [1.29, 1.82) is 0 Å². The molecule has 0 saturated carbocycles. The minimum Gasteiger partial charge on any atom is -0.495 e. The average Bonchev–Trinajstić information content (AvgIpc) is 3.55. The molecule has 3 aliphatic heterocycles. The highest BCUT2D eigenvalue weighted by Crippen LogP contribution is 2.40. The van der Waals surface area contributed by atoms with E-state index < -0.39 is 6.17 Å². The van der Waals surface area contributed by atoms with Crippen LogP contribution in [0.3, 0.4) is 0 Å². The topological polar surface area (TPSA) is 127 Å². The van der Waals surface area contributed by atoms with Crippen LogP contribution in [0.4, 0.5) is 22.7 Å². The highest BCUT2D eigenvalue weighted by atomic mass is 16.6. The predicted molar refractivity (Wildman–Crippen MR) is 171 cm³/mol. The van der Waals surface area contributed by atoms with Crippen molar-refractivity contribution in [3.8, 4) is 5.75 Å². The van der Waals surface area contributed by atoms with E-state index in [0.717, 1.165) is 65.9 Å². The van der Waals surface area contributed by atoms with Crippen LogP contribution in [-0.4, -0.2) is 67.1 Å². The Labute approximate surface area is 250 Å². The molecule has 224 valence electrons. The van der Waals surface area contributed by atoms with Crippen molar-refractivity contribution in [2.75, 3.05) is 48.9 Å². The van der Waals surface area contributed by atoms with Gasteiger partial charge in [0.2, 0.25) is 5.91 Å². The van der Waals surface area contributed by atoms with Crippen LogP contribution in [0.15, 0.2) is 65.8 Å². The number of hydrogen-bond acceptors (Lipinski definition) is 8. The normalized spacial score (nSPS) is 19.1. The number of benzene rings is 2. The summed E-state index contributed by atoms with van der Waals surface area (Å²) in [5.74, 6) is 0.537. The molecule has 2 N–H and O–H groups in total. The van der Waals surface area contributed by atoms with Crippen LogP contribution < -0.4 is 25.2 Å². The molecule has 11 nitrogen and oxygen atoms in total. The Morgan fingerprint density at radius 1 is 1.30 bits per heavy atom. The highest BCUT2D eigenvalue weighted by molar-refractivity contribution is 6.22. The van der Waals surface area contributed by atoms with Gasteiger partial charge in [0.25, 0.3) is 5.69 Å². The van der Waals surface area contributed by atoms with Gasteiger partial charge in [-0.3, -0.25) is 19.9 Å². The summed E-state index contributed by atoms with van der Waals surface area (Å²) in [6, 6.07) is 9.47. The van der Waals surface area contributed by atoms with Gasteiger partial charge in [-0.25, -0.2) is 0 Å². The van der Waals surface area contributed by atoms with E-state index in [4.69, 9.17) is 9.73 Å². The summed E-state index contributed by atoms with van der Waals surface area (Å²) in [5, 5.41) is 20.0. The fourth-order valence-electron chi connectivity index (χ4n) is 6.23. The van der Waals surface area contributed by atoms with Gasteiger partial charge in [0, 0.05) is 68.4 Å². The number of nitro benzene ring substituents is 1. The number of hydrogen-bond donors (Lipinski definition) is 2. The number of carbonyl (C=O) groups excluding carboxylic acids is 1. The molecule has 2 fully saturated rings. The summed E-state index contributed by atoms with van der Waals surface area (Å²) < 4.78 is 7.74. The van der Waals surface area contributed by atoms with Crippen molar-refractivity contribution in [3.05, 3.63) is 76.5 Å². The van der Waals surface area contributed by atoms with Crippen LogP contribution in [0.1, 0.15) is 31.7 Å². The number of nitrogens with one attached hydrogen (secondary N) is 2. The lowest BCUT2D eigenvalue weighted by atomic mass is 9.98. The molecule has 2 saturated heterocycles. The van der Waals surface area contributed by atoms with Crippen molar-refractivity contribution in [2.24, 2.45) is 4.99 Å². The molecule has 0 radical (unpaired) electrons. The number of rotatable bonds is 11. The van der Waals surface area contributed by atoms with Crippen LogP contribution >= 0.6 is 0 Å². The van der Waals surface area contributed by atoms with Crippen molar-refractivity contribution < 1.29 is 14.5 Å². The van der Waals surface area contributed by atoms with Gasteiger partial charge in [-0.15, -0.1) is 6.58 Å². The number of amides is 1. The van der Waals surface area contributed by atoms with E-state index in [1.807, 2.05) is 34.7 Å². The molecule has 1 amide bonds. The first kappa shape index (κ1) is 28.5. The van der Waals surface area contributed by atoms with Crippen molar-refractivity contribution in [3.63, 3.8) is 0 Å². The van der Waals surface area contributed by atoms with Gasteiger partial charge in [-0.05, 0) is 31.4 Å². The van der Waals surface area contributed by atoms with Gasteiger partial charge in [-0.2, -0.15) is 0 Å². The number of allylic oxidation sites excluding steroid dienone is 1. The second-order valence-electron chi connectivity index (χ2n) is 11.2. The van der Waals surface area contributed by atoms with Crippen molar-refractivity contribution >= 4 is 45.3 Å². The number of para-hydroxylation sites is 1. The zero-order chi connectivity index (χ0) is 30.2. The smallest absolute Gasteiger partial charge is 0.294 e. The maximum absolute atomic E-state index is 12.8. The monoisotopic (exact) mass is 583 g/mol. The molecule has 6 rings (SSSR count). The first-order valence-corrected chi connectivity index (χ1v) is 14.7. The first-order chi connectivity index (χ1) is 20.8. The SMILES string of the molecule is C=CCC(N=C(/C(=C\C)C1CN1)c1cn2c3c(cccc13)N(C)C(=O)C2)Nc1cc([N+](=O)[O-])c(N2CCCC2)cc1OC. The van der Waals surface area contributed by atoms with E-state index in [1.54, 1.807) is 37.3 Å². The van der Waals surface area contributed by atoms with Gasteiger partial charge in [-0.1, -0.05) is 24.3 Å². The summed E-state index contributed by atoms with van der Waals surface area (Å²) >= 11 is 0. The van der Waals surface area contributed by atoms with E-state index in [-0.39, 0.29) is 29.1 Å². The van der Waals surface area contributed by atoms with Gasteiger partial charge in [0.15, 0.2) is 0 Å². The number of aliphatic imine (C=N–C) groups is 1. The largest absolute Gasteiger partial charge is 0.495 e. The third kappa shape index (κ3) is 5.25. The molecule has 2 unspecified atom stereocenters. The number of nitro groups is 1. The summed E-state index contributed by atoms with van der Waals surface area (Å²) in [6.07, 6.45) is 7.86. The second kappa shape index (κ2) is 11.6. The van der Waals surface area contributed by atoms with E-state index in [9.17, 15) is 14.9 Å². The molecule has 0 spiro atoms. The third-order valence-electron chi connectivity index (χ3n) is 8.48. The van der Waals surface area contributed by atoms with Crippen LogP contribution in [0, 0.1) is 10.1 Å². The molecule has 11 heteroatoms. The summed E-state index contributed by atoms with van der Waals surface area (Å²) in [7, 11) is 3.37. The molecule has 2 atom stereocenters. The maximum atomic E-state index is 12.8. The zero-order valence-electron chi connectivity index (χ0n) is 24.8. The van der Waals surface area contributed by atoms with Crippen LogP contribution in [0.25, 0.3) is 10.9 Å². The van der Waals surface area contributed by atoms with Gasteiger partial charge >= 0.3 is 0 Å². The summed E-state index contributed by atoms with van der Waals surface area (Å²) in [5.41, 5.74) is 5.74. The average molecular weight is 584 g/mol. The quantitative estimate of drug-likeness (QED) is 0.109. The molecule has 3 aliphatic rings. The molecular formula is C32H37N7O4. The number of anilines is 3. The second-order valence-corrected chi connectivity index (χ2v) is 11.2. The Morgan fingerprint density at radius 2 is 2.07 bits per heavy atom. The van der Waals surface area contributed by atoms with E-state index >= 15 is 0 Å². The molecule has 0 bridgehead atoms. The standard InChI is InChI=1S/C32H37N7O4/c1-5-10-29(34-23-15-27(39(41)42)26(16-28(23)43-4)37-13-7-8-14-37)35-31(20(6-2)24-17-33-24)22-18-38-19-30(40)36(3)25-12-9-11-21(22)32(25)38/h5-6,9,11-12,15-16,18,24,29,33-34H,1,7-8,10,13-14,17,19H2,2-4H3/b20-6-,35-31?. The van der Waals surface area contributed by atoms with Crippen LogP contribution in [0.2, 0.25) is 0 Å². The number of ether oxygens (including phenoxy) is 1. The lowest BCUT2D eigenvalue weighted by Gasteiger charge is -2.24. The van der Waals surface area contributed by atoms with Gasteiger partial charge < -0.3 is 29.7 Å². The lowest BCUT2D eigenvalue weighted by Crippen LogP contribution is -2.33. The third-order valence-corrected chi connectivity index (χ3v) is 8.48. The summed E-state index contributed by atoms with van der Waals surface area (Å²) in [6.45, 7) is 8.63. The minimum atomic E-state index is -0.497. The Balaban J connectivity index is 1.46. The van der Waals surface area contributed by atoms with E-state index in [0.29, 0.717) is 23.5 Å². The molecule has 1 aromatic heterocycles. The minimum absolute atomic E-state index is 0.0213. The lowest BCUT2D eigenvalue weighted by molar-refractivity contribution is -0.384. The molecule has 4 heterocycles. The summed E-state index contributed by atoms with van der Waals surface area (Å²) in [4.78, 5) is 33.6. The van der Waals surface area contributed by atoms with E-state index in [1.165, 1.54) is 0 Å². The van der Waals surface area contributed by atoms with Gasteiger partial charge in [0.1, 0.15) is 24.1 Å². The predicted octanol–water partition coefficient (Wildman–Crippen LogP) is 4.86. The number of aromatic nitrogens is 1. The molecule has 3 aromatic rings. The number of carbonyl (C=O) groups is 1. The van der Waals surface area contributed by atoms with E-state index in [2.05, 4.69) is 29.4 Å². The highest BCUT2D eigenvalue weighted by Gasteiger charge is 2.33. The Bertz CT molecular complexity index is 1660. The maximum Gasteiger partial charge on any atom is 0.294 e. The zero-order valence-corrected chi connectivity index (χ0v) is 24.8. The van der Waals surface area contributed by atoms with Crippen molar-refractivity contribution in [1.82, 2.24) is 9.88 Å². The van der Waals surface area contributed by atoms with Crippen molar-refractivity contribution in [2.45, 2.75) is 44.9 Å². The fraction of sp³-hybridized carbons (Fsp3) is 0.375. The number of methoxy groups -OCH3 is 1. The molecule has 2 aromatic carbocycles. The molecule has 43 heavy (non-hydrogen) atoms. The van der Waals surface area contributed by atoms with Gasteiger partial charge in [0.05, 0.1) is 34.6 Å². The Kier molecular flexibility index (Phi) is 7.66. The Morgan fingerprint density at radius 3 is 2.72 bits per heavy atom. The fourth-order valence-corrected chi connectivity index (χ4v) is 6.23. The Hall–Kier alpha value is -4.64. The molecule has 0 aliphatic carbocycles. The number of nitrogens with zero attached hydrogens (tertiary/aromatic N) is 5. The van der Waals surface area contributed by atoms with Crippen LogP contribution in [0.5, 0.6) is 5.75 Å². The number of likely N-dealkylation sites (N-methyl/N-ethyl adjacent to an activating group) is 1. The first-order valence-electron chi connectivity index (χ1n) is 14.7. The van der Waals surface area contributed by atoms with Crippen LogP contribution in [-0.2, 0) is 11.3 Å².